The fourth-order valence-electron chi connectivity index (χ4n) is 4.92. The van der Waals surface area contributed by atoms with Crippen LogP contribution in [-0.4, -0.2) is 85.9 Å². The van der Waals surface area contributed by atoms with Crippen LogP contribution in [0.2, 0.25) is 0 Å². The molecule has 0 aliphatic carbocycles. The zero-order valence-electron chi connectivity index (χ0n) is 23.4. The molecule has 0 radical (unpaired) electrons. The van der Waals surface area contributed by atoms with Crippen LogP contribution < -0.4 is 25.6 Å². The number of hydrogen-bond donors (Lipinski definition) is 3. The summed E-state index contributed by atoms with van der Waals surface area (Å²) in [5.41, 5.74) is 2.24. The first-order valence-electron chi connectivity index (χ1n) is 14.2. The molecule has 3 heterocycles. The van der Waals surface area contributed by atoms with Gasteiger partial charge in [-0.15, -0.1) is 0 Å². The minimum Gasteiger partial charge on any atom is -0.488 e. The SMILES string of the molecule is CCOc1c(C(=O)NCCN2CCCC2)nc(-c2ccc(NC(=O)Nc3ccccc3)cc2)nc1N1CCOCC1. The quantitative estimate of drug-likeness (QED) is 0.343. The fourth-order valence-corrected chi connectivity index (χ4v) is 4.92. The monoisotopic (exact) mass is 559 g/mol. The van der Waals surface area contributed by atoms with Crippen LogP contribution in [-0.2, 0) is 4.74 Å². The van der Waals surface area contributed by atoms with Crippen molar-refractivity contribution in [3.8, 4) is 17.1 Å². The van der Waals surface area contributed by atoms with Crippen molar-refractivity contribution in [2.24, 2.45) is 0 Å². The largest absolute Gasteiger partial charge is 0.488 e. The molecule has 2 aliphatic heterocycles. The molecule has 11 heteroatoms. The number of rotatable bonds is 10. The molecule has 3 aromatic rings. The van der Waals surface area contributed by atoms with Crippen LogP contribution in [0, 0.1) is 0 Å². The van der Waals surface area contributed by atoms with Crippen molar-refractivity contribution >= 4 is 29.1 Å². The number of aromatic nitrogens is 2. The molecule has 2 fully saturated rings. The summed E-state index contributed by atoms with van der Waals surface area (Å²) in [5.74, 6) is 1.07. The van der Waals surface area contributed by atoms with Crippen LogP contribution in [0.1, 0.15) is 30.3 Å². The van der Waals surface area contributed by atoms with Gasteiger partial charge in [0.1, 0.15) is 0 Å². The fraction of sp³-hybridized carbons (Fsp3) is 0.400. The smallest absolute Gasteiger partial charge is 0.323 e. The van der Waals surface area contributed by atoms with Gasteiger partial charge in [-0.05, 0) is 69.3 Å². The molecule has 2 saturated heterocycles. The highest BCUT2D eigenvalue weighted by Gasteiger charge is 2.27. The summed E-state index contributed by atoms with van der Waals surface area (Å²) in [5, 5.41) is 8.67. The summed E-state index contributed by atoms with van der Waals surface area (Å²) in [7, 11) is 0. The number of carbonyl (C=O) groups is 2. The molecule has 41 heavy (non-hydrogen) atoms. The maximum atomic E-state index is 13.5. The van der Waals surface area contributed by atoms with E-state index in [4.69, 9.17) is 19.4 Å². The van der Waals surface area contributed by atoms with E-state index in [1.807, 2.05) is 49.4 Å². The predicted octanol–water partition coefficient (Wildman–Crippen LogP) is 3.85. The summed E-state index contributed by atoms with van der Waals surface area (Å²) < 4.78 is 11.5. The summed E-state index contributed by atoms with van der Waals surface area (Å²) in [6.45, 7) is 8.11. The second-order valence-corrected chi connectivity index (χ2v) is 9.91. The van der Waals surface area contributed by atoms with E-state index in [0.717, 1.165) is 19.6 Å². The zero-order valence-corrected chi connectivity index (χ0v) is 23.4. The van der Waals surface area contributed by atoms with Gasteiger partial charge in [0.2, 0.25) is 0 Å². The number of ether oxygens (including phenoxy) is 2. The lowest BCUT2D eigenvalue weighted by Crippen LogP contribution is -2.38. The van der Waals surface area contributed by atoms with E-state index >= 15 is 0 Å². The highest BCUT2D eigenvalue weighted by molar-refractivity contribution is 6.00. The maximum absolute atomic E-state index is 13.5. The number of nitrogens with one attached hydrogen (secondary N) is 3. The molecule has 2 aliphatic rings. The molecular formula is C30H37N7O4. The predicted molar refractivity (Wildman–Crippen MR) is 159 cm³/mol. The number of nitrogens with zero attached hydrogens (tertiary/aromatic N) is 4. The number of carbonyl (C=O) groups excluding carboxylic acids is 2. The van der Waals surface area contributed by atoms with Gasteiger partial charge in [0.15, 0.2) is 23.1 Å². The normalized spacial score (nSPS) is 15.4. The first kappa shape index (κ1) is 28.3. The second kappa shape index (κ2) is 13.9. The van der Waals surface area contributed by atoms with E-state index in [-0.39, 0.29) is 17.6 Å². The molecule has 11 nitrogen and oxygen atoms in total. The highest BCUT2D eigenvalue weighted by Crippen LogP contribution is 2.33. The van der Waals surface area contributed by atoms with E-state index in [2.05, 4.69) is 25.8 Å². The van der Waals surface area contributed by atoms with Crippen LogP contribution >= 0.6 is 0 Å². The minimum atomic E-state index is -0.344. The number of morpholine rings is 1. The van der Waals surface area contributed by atoms with Gasteiger partial charge < -0.3 is 35.2 Å². The van der Waals surface area contributed by atoms with Crippen LogP contribution in [0.5, 0.6) is 5.75 Å². The van der Waals surface area contributed by atoms with Crippen molar-refractivity contribution in [2.75, 3.05) is 74.6 Å². The zero-order chi connectivity index (χ0) is 28.4. The molecule has 3 N–H and O–H groups in total. The summed E-state index contributed by atoms with van der Waals surface area (Å²) in [4.78, 5) is 39.9. The Balaban J connectivity index is 1.38. The topological polar surface area (TPSA) is 121 Å². The van der Waals surface area contributed by atoms with Gasteiger partial charge in [0.25, 0.3) is 5.91 Å². The lowest BCUT2D eigenvalue weighted by molar-refractivity contribution is 0.0940. The average molecular weight is 560 g/mol. The van der Waals surface area contributed by atoms with Gasteiger partial charge in [-0.3, -0.25) is 4.79 Å². The van der Waals surface area contributed by atoms with Gasteiger partial charge in [0.05, 0.1) is 19.8 Å². The Kier molecular flexibility index (Phi) is 9.61. The Morgan fingerprint density at radius 2 is 1.59 bits per heavy atom. The van der Waals surface area contributed by atoms with Crippen LogP contribution in [0.4, 0.5) is 22.0 Å². The third-order valence-corrected chi connectivity index (χ3v) is 7.01. The summed E-state index contributed by atoms with van der Waals surface area (Å²) in [6, 6.07) is 16.1. The van der Waals surface area contributed by atoms with Crippen LogP contribution in [0.3, 0.4) is 0 Å². The number of para-hydroxylation sites is 1. The van der Waals surface area contributed by atoms with Crippen molar-refractivity contribution in [3.05, 3.63) is 60.3 Å². The van der Waals surface area contributed by atoms with E-state index in [0.29, 0.717) is 73.8 Å². The molecule has 5 rings (SSSR count). The van der Waals surface area contributed by atoms with E-state index in [9.17, 15) is 9.59 Å². The van der Waals surface area contributed by atoms with Crippen molar-refractivity contribution in [3.63, 3.8) is 0 Å². The lowest BCUT2D eigenvalue weighted by Gasteiger charge is -2.30. The van der Waals surface area contributed by atoms with Crippen molar-refractivity contribution in [1.29, 1.82) is 0 Å². The third kappa shape index (κ3) is 7.50. The number of benzene rings is 2. The molecule has 0 bridgehead atoms. The number of hydrogen-bond acceptors (Lipinski definition) is 8. The molecule has 0 spiro atoms. The Morgan fingerprint density at radius 1 is 0.902 bits per heavy atom. The minimum absolute atomic E-state index is 0.212. The van der Waals surface area contributed by atoms with E-state index in [1.54, 1.807) is 12.1 Å². The van der Waals surface area contributed by atoms with E-state index in [1.165, 1.54) is 12.8 Å². The maximum Gasteiger partial charge on any atom is 0.323 e. The number of likely N-dealkylation sites (tertiary alicyclic amines) is 1. The third-order valence-electron chi connectivity index (χ3n) is 7.01. The molecule has 0 atom stereocenters. The van der Waals surface area contributed by atoms with Crippen molar-refractivity contribution in [2.45, 2.75) is 19.8 Å². The average Bonchev–Trinajstić information content (AvgIpc) is 3.52. The summed E-state index contributed by atoms with van der Waals surface area (Å²) >= 11 is 0. The van der Waals surface area contributed by atoms with Gasteiger partial charge in [-0.25, -0.2) is 14.8 Å². The highest BCUT2D eigenvalue weighted by atomic mass is 16.5. The second-order valence-electron chi connectivity index (χ2n) is 9.91. The van der Waals surface area contributed by atoms with Crippen LogP contribution in [0.25, 0.3) is 11.4 Å². The Morgan fingerprint density at radius 3 is 2.27 bits per heavy atom. The number of amides is 3. The molecule has 0 saturated carbocycles. The number of urea groups is 1. The molecule has 0 unspecified atom stereocenters. The molecular weight excluding hydrogens is 522 g/mol. The van der Waals surface area contributed by atoms with Crippen molar-refractivity contribution < 1.29 is 19.1 Å². The molecule has 1 aromatic heterocycles. The Hall–Kier alpha value is -4.22. The number of anilines is 3. The first-order chi connectivity index (χ1) is 20.1. The van der Waals surface area contributed by atoms with Gasteiger partial charge in [-0.1, -0.05) is 18.2 Å². The molecule has 3 amide bonds. The Bertz CT molecular complexity index is 1310. The molecule has 2 aromatic carbocycles. The van der Waals surface area contributed by atoms with Gasteiger partial charge in [-0.2, -0.15) is 0 Å². The summed E-state index contributed by atoms with van der Waals surface area (Å²) in [6.07, 6.45) is 2.40. The standard InChI is InChI=1S/C30H37N7O4/c1-2-41-26-25(29(38)31-14-17-36-15-6-7-16-36)34-27(35-28(26)37-18-20-40-21-19-37)22-10-12-24(13-11-22)33-30(39)32-23-8-4-3-5-9-23/h3-5,8-13H,2,6-7,14-21H2,1H3,(H,31,38)(H2,32,33,39). The van der Waals surface area contributed by atoms with Crippen molar-refractivity contribution in [1.82, 2.24) is 20.2 Å². The first-order valence-corrected chi connectivity index (χ1v) is 14.2. The Labute approximate surface area is 240 Å². The van der Waals surface area contributed by atoms with Crippen LogP contribution in [0.15, 0.2) is 54.6 Å². The van der Waals surface area contributed by atoms with Gasteiger partial charge >= 0.3 is 6.03 Å². The lowest BCUT2D eigenvalue weighted by atomic mass is 10.1. The molecule has 216 valence electrons. The van der Waals surface area contributed by atoms with E-state index < -0.39 is 0 Å². The van der Waals surface area contributed by atoms with Gasteiger partial charge in [0, 0.05) is 43.1 Å².